The van der Waals surface area contributed by atoms with E-state index in [1.54, 1.807) is 13.1 Å². The van der Waals surface area contributed by atoms with Crippen LogP contribution in [0.4, 0.5) is 0 Å². The minimum atomic E-state index is -2.98. The van der Waals surface area contributed by atoms with Crippen molar-refractivity contribution in [2.24, 2.45) is 0 Å². The number of sulfone groups is 1. The first-order chi connectivity index (χ1) is 8.85. The lowest BCUT2D eigenvalue weighted by Gasteiger charge is -2.17. The Hall–Kier alpha value is -1.47. The SMILES string of the molecule is CN(CCS(C)(=O)=O)Cc1cc2c(cc1O)OCO2. The molecule has 0 saturated carbocycles. The number of aromatic hydroxyl groups is 1. The molecule has 1 heterocycles. The summed E-state index contributed by atoms with van der Waals surface area (Å²) in [7, 11) is -1.18. The molecule has 0 bridgehead atoms. The van der Waals surface area contributed by atoms with Gasteiger partial charge in [-0.1, -0.05) is 0 Å². The van der Waals surface area contributed by atoms with Gasteiger partial charge in [-0.3, -0.25) is 0 Å². The number of hydrogen-bond acceptors (Lipinski definition) is 6. The summed E-state index contributed by atoms with van der Waals surface area (Å²) >= 11 is 0. The van der Waals surface area contributed by atoms with Gasteiger partial charge in [0.05, 0.1) is 5.75 Å². The van der Waals surface area contributed by atoms with Crippen LogP contribution in [0.1, 0.15) is 5.56 Å². The maximum atomic E-state index is 11.1. The highest BCUT2D eigenvalue weighted by Gasteiger charge is 2.18. The van der Waals surface area contributed by atoms with E-state index in [1.807, 2.05) is 4.90 Å². The van der Waals surface area contributed by atoms with E-state index in [0.717, 1.165) is 0 Å². The number of ether oxygens (including phenoxy) is 2. The zero-order valence-corrected chi connectivity index (χ0v) is 11.7. The maximum absolute atomic E-state index is 11.1. The largest absolute Gasteiger partial charge is 0.507 e. The van der Waals surface area contributed by atoms with Crippen molar-refractivity contribution in [2.45, 2.75) is 6.54 Å². The highest BCUT2D eigenvalue weighted by molar-refractivity contribution is 7.90. The average Bonchev–Trinajstić information content (AvgIpc) is 2.73. The molecule has 0 atom stereocenters. The molecule has 106 valence electrons. The molecule has 0 radical (unpaired) electrons. The van der Waals surface area contributed by atoms with Crippen molar-refractivity contribution in [2.75, 3.05) is 32.4 Å². The topological polar surface area (TPSA) is 76.1 Å². The van der Waals surface area contributed by atoms with Crippen LogP contribution in [0.2, 0.25) is 0 Å². The van der Waals surface area contributed by atoms with Crippen molar-refractivity contribution in [1.29, 1.82) is 0 Å². The first-order valence-electron chi connectivity index (χ1n) is 5.83. The molecule has 0 aliphatic carbocycles. The van der Waals surface area contributed by atoms with Gasteiger partial charge in [-0.2, -0.15) is 0 Å². The highest BCUT2D eigenvalue weighted by atomic mass is 32.2. The van der Waals surface area contributed by atoms with Gasteiger partial charge in [0, 0.05) is 31.0 Å². The molecule has 1 aromatic rings. The number of rotatable bonds is 5. The van der Waals surface area contributed by atoms with Gasteiger partial charge >= 0.3 is 0 Å². The molecule has 0 saturated heterocycles. The second kappa shape index (κ2) is 5.26. The predicted octanol–water partition coefficient (Wildman–Crippen LogP) is 0.597. The van der Waals surface area contributed by atoms with Gasteiger partial charge in [-0.05, 0) is 13.1 Å². The van der Waals surface area contributed by atoms with E-state index in [9.17, 15) is 13.5 Å². The number of fused-ring (bicyclic) bond motifs is 1. The quantitative estimate of drug-likeness (QED) is 0.854. The molecular formula is C12H17NO5S. The van der Waals surface area contributed by atoms with Crippen molar-refractivity contribution < 1.29 is 23.0 Å². The van der Waals surface area contributed by atoms with Gasteiger partial charge < -0.3 is 19.5 Å². The highest BCUT2D eigenvalue weighted by Crippen LogP contribution is 2.37. The average molecular weight is 287 g/mol. The summed E-state index contributed by atoms with van der Waals surface area (Å²) in [6.45, 7) is 1.01. The van der Waals surface area contributed by atoms with Crippen LogP contribution >= 0.6 is 0 Å². The van der Waals surface area contributed by atoms with Crippen molar-refractivity contribution in [3.8, 4) is 17.2 Å². The molecule has 0 spiro atoms. The van der Waals surface area contributed by atoms with E-state index in [4.69, 9.17) is 9.47 Å². The zero-order chi connectivity index (χ0) is 14.0. The molecule has 6 nitrogen and oxygen atoms in total. The normalized spacial score (nSPS) is 14.1. The van der Waals surface area contributed by atoms with Gasteiger partial charge in [0.15, 0.2) is 11.5 Å². The molecule has 7 heteroatoms. The summed E-state index contributed by atoms with van der Waals surface area (Å²) in [5.74, 6) is 1.34. The number of phenols is 1. The Morgan fingerprint density at radius 1 is 1.32 bits per heavy atom. The fourth-order valence-corrected chi connectivity index (χ4v) is 2.43. The first-order valence-corrected chi connectivity index (χ1v) is 7.89. The van der Waals surface area contributed by atoms with E-state index in [2.05, 4.69) is 0 Å². The van der Waals surface area contributed by atoms with Crippen LogP contribution in [0.5, 0.6) is 17.2 Å². The summed E-state index contributed by atoms with van der Waals surface area (Å²) in [5.41, 5.74) is 0.681. The van der Waals surface area contributed by atoms with Crippen molar-refractivity contribution in [3.05, 3.63) is 17.7 Å². The summed E-state index contributed by atoms with van der Waals surface area (Å²) in [5, 5.41) is 9.87. The third kappa shape index (κ3) is 3.74. The Kier molecular flexibility index (Phi) is 3.86. The van der Waals surface area contributed by atoms with Gasteiger partial charge in [0.25, 0.3) is 0 Å². The fraction of sp³-hybridized carbons (Fsp3) is 0.500. The van der Waals surface area contributed by atoms with Crippen LogP contribution in [0, 0.1) is 0 Å². The first kappa shape index (κ1) is 14.0. The second-order valence-electron chi connectivity index (χ2n) is 4.70. The monoisotopic (exact) mass is 287 g/mol. The number of phenolic OH excluding ortho intramolecular Hbond substituents is 1. The molecule has 1 aliphatic heterocycles. The van der Waals surface area contributed by atoms with Crippen LogP contribution in [0.25, 0.3) is 0 Å². The van der Waals surface area contributed by atoms with Gasteiger partial charge in [0.1, 0.15) is 15.6 Å². The van der Waals surface area contributed by atoms with Gasteiger partial charge in [0.2, 0.25) is 6.79 Å². The molecule has 1 N–H and O–H groups in total. The summed E-state index contributed by atoms with van der Waals surface area (Å²) in [6.07, 6.45) is 1.21. The Morgan fingerprint density at radius 2 is 1.95 bits per heavy atom. The van der Waals surface area contributed by atoms with Crippen LogP contribution in [0.3, 0.4) is 0 Å². The standard InChI is InChI=1S/C12H17NO5S/c1-13(3-4-19(2,15)16)7-9-5-11-12(6-10(9)14)18-8-17-11/h5-6,14H,3-4,7-8H2,1-2H3. The number of hydrogen-bond donors (Lipinski definition) is 1. The van der Waals surface area contributed by atoms with Gasteiger partial charge in [-0.25, -0.2) is 8.42 Å². The van der Waals surface area contributed by atoms with Gasteiger partial charge in [-0.15, -0.1) is 0 Å². The van der Waals surface area contributed by atoms with Crippen molar-refractivity contribution in [1.82, 2.24) is 4.90 Å². The number of benzene rings is 1. The Bertz CT molecular complexity index is 570. The van der Waals surface area contributed by atoms with E-state index in [-0.39, 0.29) is 18.3 Å². The molecule has 2 rings (SSSR count). The molecule has 0 fully saturated rings. The molecular weight excluding hydrogens is 270 g/mol. The molecule has 0 aromatic heterocycles. The lowest BCUT2D eigenvalue weighted by molar-refractivity contribution is 0.174. The Morgan fingerprint density at radius 3 is 2.58 bits per heavy atom. The predicted molar refractivity (Wildman–Crippen MR) is 70.3 cm³/mol. The Balaban J connectivity index is 2.03. The summed E-state index contributed by atoms with van der Waals surface area (Å²) < 4.78 is 32.6. The Labute approximate surface area is 112 Å². The molecule has 19 heavy (non-hydrogen) atoms. The lowest BCUT2D eigenvalue weighted by atomic mass is 10.1. The third-order valence-corrected chi connectivity index (χ3v) is 3.78. The molecule has 0 amide bonds. The molecule has 1 aliphatic rings. The third-order valence-electron chi connectivity index (χ3n) is 2.86. The van der Waals surface area contributed by atoms with Crippen molar-refractivity contribution >= 4 is 9.84 Å². The van der Waals surface area contributed by atoms with Crippen molar-refractivity contribution in [3.63, 3.8) is 0 Å². The zero-order valence-electron chi connectivity index (χ0n) is 10.9. The van der Waals surface area contributed by atoms with E-state index < -0.39 is 9.84 Å². The van der Waals surface area contributed by atoms with E-state index in [1.165, 1.54) is 12.3 Å². The molecule has 0 unspecified atom stereocenters. The lowest BCUT2D eigenvalue weighted by Crippen LogP contribution is -2.24. The smallest absolute Gasteiger partial charge is 0.231 e. The van der Waals surface area contributed by atoms with Crippen LogP contribution in [-0.4, -0.2) is 50.8 Å². The fourth-order valence-electron chi connectivity index (χ4n) is 1.79. The minimum absolute atomic E-state index is 0.0921. The minimum Gasteiger partial charge on any atom is -0.507 e. The van der Waals surface area contributed by atoms with E-state index in [0.29, 0.717) is 30.2 Å². The summed E-state index contributed by atoms with van der Waals surface area (Å²) in [6, 6.07) is 3.23. The van der Waals surface area contributed by atoms with Crippen LogP contribution in [0.15, 0.2) is 12.1 Å². The maximum Gasteiger partial charge on any atom is 0.231 e. The number of nitrogens with zero attached hydrogens (tertiary/aromatic N) is 1. The molecule has 1 aromatic carbocycles. The second-order valence-corrected chi connectivity index (χ2v) is 6.96. The van der Waals surface area contributed by atoms with E-state index >= 15 is 0 Å². The summed E-state index contributed by atoms with van der Waals surface area (Å²) in [4.78, 5) is 1.83. The van der Waals surface area contributed by atoms with Crippen LogP contribution < -0.4 is 9.47 Å². The van der Waals surface area contributed by atoms with Crippen LogP contribution in [-0.2, 0) is 16.4 Å².